The molecule has 1 aliphatic rings. The van der Waals surface area contributed by atoms with Crippen molar-refractivity contribution in [1.82, 2.24) is 5.32 Å². The van der Waals surface area contributed by atoms with Crippen LogP contribution in [-0.4, -0.2) is 32.2 Å². The Labute approximate surface area is 108 Å². The van der Waals surface area contributed by atoms with E-state index in [4.69, 9.17) is 4.74 Å². The van der Waals surface area contributed by atoms with Crippen LogP contribution in [0.2, 0.25) is 0 Å². The van der Waals surface area contributed by atoms with Crippen LogP contribution in [0.3, 0.4) is 0 Å². The molecule has 0 aromatic heterocycles. The Morgan fingerprint density at radius 1 is 1.56 bits per heavy atom. The van der Waals surface area contributed by atoms with Gasteiger partial charge in [0.15, 0.2) is 0 Å². The molecule has 0 bridgehead atoms. The van der Waals surface area contributed by atoms with E-state index in [0.717, 1.165) is 12.1 Å². The maximum atomic E-state index is 12.0. The lowest BCUT2D eigenvalue weighted by Crippen LogP contribution is -2.40. The highest BCUT2D eigenvalue weighted by Gasteiger charge is 2.26. The van der Waals surface area contributed by atoms with Crippen LogP contribution in [0.1, 0.15) is 12.5 Å². The van der Waals surface area contributed by atoms with Gasteiger partial charge in [0.2, 0.25) is 5.91 Å². The van der Waals surface area contributed by atoms with E-state index in [1.807, 2.05) is 18.2 Å². The molecule has 2 atom stereocenters. The molecule has 1 heterocycles. The zero-order valence-electron chi connectivity index (χ0n) is 10.9. The first-order valence-corrected chi connectivity index (χ1v) is 6.31. The number of ether oxygens (including phenoxy) is 1. The number of rotatable bonds is 5. The second-order valence-corrected chi connectivity index (χ2v) is 4.86. The number of hydrogen-bond acceptors (Lipinski definition) is 3. The molecule has 0 fully saturated rings. The van der Waals surface area contributed by atoms with Gasteiger partial charge in [0.1, 0.15) is 6.04 Å². The van der Waals surface area contributed by atoms with Gasteiger partial charge < -0.3 is 15.4 Å². The largest absolute Gasteiger partial charge is 0.384 e. The average molecular weight is 248 g/mol. The zero-order chi connectivity index (χ0) is 13.0. The van der Waals surface area contributed by atoms with Gasteiger partial charge in [0.25, 0.3) is 0 Å². The van der Waals surface area contributed by atoms with E-state index in [-0.39, 0.29) is 11.9 Å². The fourth-order valence-corrected chi connectivity index (χ4v) is 2.20. The fraction of sp³-hybridized carbons (Fsp3) is 0.500. The Kier molecular flexibility index (Phi) is 4.20. The number of hydrogen-bond donors (Lipinski definition) is 2. The molecule has 0 radical (unpaired) electrons. The number of methoxy groups -OCH3 is 1. The van der Waals surface area contributed by atoms with E-state index < -0.39 is 0 Å². The molecule has 1 aromatic rings. The second-order valence-electron chi connectivity index (χ2n) is 4.86. The number of amides is 1. The minimum absolute atomic E-state index is 0.0640. The van der Waals surface area contributed by atoms with E-state index in [2.05, 4.69) is 23.6 Å². The molecular formula is C14H20N2O2. The van der Waals surface area contributed by atoms with Crippen molar-refractivity contribution in [3.63, 3.8) is 0 Å². The fourth-order valence-electron chi connectivity index (χ4n) is 2.20. The Hall–Kier alpha value is -1.55. The molecule has 98 valence electrons. The molecule has 18 heavy (non-hydrogen) atoms. The zero-order valence-corrected chi connectivity index (χ0v) is 10.9. The molecule has 0 spiro atoms. The van der Waals surface area contributed by atoms with Gasteiger partial charge in [-0.05, 0) is 17.5 Å². The monoisotopic (exact) mass is 248 g/mol. The average Bonchev–Trinajstić information content (AvgIpc) is 2.80. The van der Waals surface area contributed by atoms with E-state index >= 15 is 0 Å². The predicted octanol–water partition coefficient (Wildman–Crippen LogP) is 1.42. The van der Waals surface area contributed by atoms with Crippen molar-refractivity contribution >= 4 is 11.6 Å². The van der Waals surface area contributed by atoms with Crippen molar-refractivity contribution in [2.75, 3.05) is 25.6 Å². The van der Waals surface area contributed by atoms with Gasteiger partial charge in [-0.3, -0.25) is 4.79 Å². The van der Waals surface area contributed by atoms with Gasteiger partial charge in [-0.25, -0.2) is 0 Å². The van der Waals surface area contributed by atoms with Crippen molar-refractivity contribution in [2.45, 2.75) is 19.4 Å². The van der Waals surface area contributed by atoms with Crippen LogP contribution in [0.4, 0.5) is 5.69 Å². The highest BCUT2D eigenvalue weighted by atomic mass is 16.5. The Morgan fingerprint density at radius 3 is 3.06 bits per heavy atom. The standard InChI is InChI=1S/C14H20N2O2/c1-10(9-18-2)8-15-14(17)13-7-11-5-3-4-6-12(11)16-13/h3-6,10,13,16H,7-9H2,1-2H3,(H,15,17)/t10?,13-/m0/s1. The van der Waals surface area contributed by atoms with Crippen LogP contribution < -0.4 is 10.6 Å². The first-order chi connectivity index (χ1) is 8.70. The highest BCUT2D eigenvalue weighted by molar-refractivity contribution is 5.87. The lowest BCUT2D eigenvalue weighted by Gasteiger charge is -2.15. The first-order valence-electron chi connectivity index (χ1n) is 6.31. The van der Waals surface area contributed by atoms with E-state index in [1.165, 1.54) is 5.56 Å². The summed E-state index contributed by atoms with van der Waals surface area (Å²) in [6.07, 6.45) is 0.765. The SMILES string of the molecule is COCC(C)CNC(=O)[C@@H]1Cc2ccccc2N1. The predicted molar refractivity (Wildman–Crippen MR) is 71.6 cm³/mol. The molecule has 1 aromatic carbocycles. The maximum absolute atomic E-state index is 12.0. The summed E-state index contributed by atoms with van der Waals surface area (Å²) >= 11 is 0. The van der Waals surface area contributed by atoms with Gasteiger partial charge in [0.05, 0.1) is 6.61 Å². The Bertz CT molecular complexity index is 395. The van der Waals surface area contributed by atoms with E-state index in [0.29, 0.717) is 19.1 Å². The number of benzene rings is 1. The van der Waals surface area contributed by atoms with Crippen LogP contribution in [0, 0.1) is 5.92 Å². The summed E-state index contributed by atoms with van der Waals surface area (Å²) in [6.45, 7) is 3.38. The molecule has 4 nitrogen and oxygen atoms in total. The number of anilines is 1. The molecule has 1 aliphatic heterocycles. The molecule has 1 amide bonds. The normalized spacial score (nSPS) is 18.9. The molecular weight excluding hydrogens is 228 g/mol. The van der Waals surface area contributed by atoms with Gasteiger partial charge >= 0.3 is 0 Å². The Morgan fingerprint density at radius 2 is 2.33 bits per heavy atom. The molecule has 1 unspecified atom stereocenters. The van der Waals surface area contributed by atoms with Gasteiger partial charge in [-0.15, -0.1) is 0 Å². The summed E-state index contributed by atoms with van der Waals surface area (Å²) in [6, 6.07) is 7.91. The maximum Gasteiger partial charge on any atom is 0.242 e. The van der Waals surface area contributed by atoms with E-state index in [9.17, 15) is 4.79 Å². The number of nitrogens with one attached hydrogen (secondary N) is 2. The lowest BCUT2D eigenvalue weighted by atomic mass is 10.1. The van der Waals surface area contributed by atoms with Crippen molar-refractivity contribution < 1.29 is 9.53 Å². The molecule has 2 rings (SSSR count). The summed E-state index contributed by atoms with van der Waals surface area (Å²) in [5.41, 5.74) is 2.28. The van der Waals surface area contributed by atoms with Crippen LogP contribution in [0.25, 0.3) is 0 Å². The minimum Gasteiger partial charge on any atom is -0.384 e. The summed E-state index contributed by atoms with van der Waals surface area (Å²) < 4.78 is 5.05. The van der Waals surface area contributed by atoms with Crippen LogP contribution in [0.5, 0.6) is 0 Å². The smallest absolute Gasteiger partial charge is 0.242 e. The van der Waals surface area contributed by atoms with Crippen molar-refractivity contribution in [1.29, 1.82) is 0 Å². The van der Waals surface area contributed by atoms with Crippen molar-refractivity contribution in [2.24, 2.45) is 5.92 Å². The van der Waals surface area contributed by atoms with Crippen molar-refractivity contribution in [3.8, 4) is 0 Å². The molecule has 0 aliphatic carbocycles. The number of fused-ring (bicyclic) bond motifs is 1. The molecule has 2 N–H and O–H groups in total. The lowest BCUT2D eigenvalue weighted by molar-refractivity contribution is -0.121. The number of carbonyl (C=O) groups excluding carboxylic acids is 1. The third kappa shape index (κ3) is 3.01. The third-order valence-corrected chi connectivity index (χ3v) is 3.16. The summed E-state index contributed by atoms with van der Waals surface area (Å²) in [5.74, 6) is 0.400. The number of para-hydroxylation sites is 1. The summed E-state index contributed by atoms with van der Waals surface area (Å²) in [4.78, 5) is 12.0. The Balaban J connectivity index is 1.82. The van der Waals surface area contributed by atoms with Gasteiger partial charge in [-0.2, -0.15) is 0 Å². The number of carbonyl (C=O) groups is 1. The summed E-state index contributed by atoms with van der Waals surface area (Å²) in [7, 11) is 1.67. The van der Waals surface area contributed by atoms with Crippen LogP contribution in [0.15, 0.2) is 24.3 Å². The first kappa shape index (κ1) is 12.9. The van der Waals surface area contributed by atoms with Gasteiger partial charge in [0, 0.05) is 25.8 Å². The van der Waals surface area contributed by atoms with Gasteiger partial charge in [-0.1, -0.05) is 25.1 Å². The minimum atomic E-state index is -0.142. The van der Waals surface area contributed by atoms with Crippen LogP contribution >= 0.6 is 0 Å². The molecule has 0 saturated heterocycles. The summed E-state index contributed by atoms with van der Waals surface area (Å²) in [5, 5.41) is 6.21. The molecule has 0 saturated carbocycles. The van der Waals surface area contributed by atoms with Crippen LogP contribution in [-0.2, 0) is 16.0 Å². The van der Waals surface area contributed by atoms with E-state index in [1.54, 1.807) is 7.11 Å². The molecule has 4 heteroatoms. The van der Waals surface area contributed by atoms with Crippen molar-refractivity contribution in [3.05, 3.63) is 29.8 Å². The highest BCUT2D eigenvalue weighted by Crippen LogP contribution is 2.24. The quantitative estimate of drug-likeness (QED) is 0.828. The third-order valence-electron chi connectivity index (χ3n) is 3.16. The topological polar surface area (TPSA) is 50.4 Å². The second kappa shape index (κ2) is 5.87.